The van der Waals surface area contributed by atoms with Gasteiger partial charge >= 0.3 is 18.4 Å². The van der Waals surface area contributed by atoms with E-state index in [1.54, 1.807) is 64.7 Å². The van der Waals surface area contributed by atoms with Crippen molar-refractivity contribution in [1.29, 1.82) is 0 Å². The van der Waals surface area contributed by atoms with Gasteiger partial charge in [0, 0.05) is 17.8 Å². The zero-order valence-electron chi connectivity index (χ0n) is 29.2. The van der Waals surface area contributed by atoms with Gasteiger partial charge in [-0.1, -0.05) is 32.9 Å². The van der Waals surface area contributed by atoms with Gasteiger partial charge in [0.15, 0.2) is 0 Å². The number of alkyl carbamates (subject to hydrolysis) is 1. The van der Waals surface area contributed by atoms with Crippen LogP contribution in [0.2, 0.25) is 0 Å². The van der Waals surface area contributed by atoms with Crippen LogP contribution < -0.4 is 10.1 Å². The van der Waals surface area contributed by atoms with Crippen molar-refractivity contribution in [3.8, 4) is 5.75 Å². The molecule has 9 nitrogen and oxygen atoms in total. The SMILES string of the molecule is C=CCCOc1ccc(/C(=C/CC)N=C(C(C)CC)C2CCCN2/C(=N\C(=O)OC(C)(C)C)NC(=O)OC(C)(C)C)cc1C(F)(F)F. The first-order chi connectivity index (χ1) is 21.8. The number of alkyl halides is 3. The average Bonchev–Trinajstić information content (AvgIpc) is 3.42. The molecular weight excluding hydrogens is 613 g/mol. The third-order valence-corrected chi connectivity index (χ3v) is 6.99. The monoisotopic (exact) mass is 664 g/mol. The van der Waals surface area contributed by atoms with Gasteiger partial charge in [-0.2, -0.15) is 13.2 Å². The van der Waals surface area contributed by atoms with Crippen LogP contribution in [0.25, 0.3) is 5.70 Å². The second-order valence-electron chi connectivity index (χ2n) is 13.4. The first kappa shape index (κ1) is 39.3. The molecule has 262 valence electrons. The van der Waals surface area contributed by atoms with Crippen LogP contribution in [-0.2, 0) is 15.7 Å². The van der Waals surface area contributed by atoms with Crippen molar-refractivity contribution in [3.63, 3.8) is 0 Å². The number of benzene rings is 1. The van der Waals surface area contributed by atoms with E-state index in [1.165, 1.54) is 6.07 Å². The minimum absolute atomic E-state index is 0.0478. The van der Waals surface area contributed by atoms with Gasteiger partial charge in [-0.3, -0.25) is 10.3 Å². The molecule has 1 N–H and O–H groups in total. The van der Waals surface area contributed by atoms with Crippen molar-refractivity contribution in [3.05, 3.63) is 48.1 Å². The predicted octanol–water partition coefficient (Wildman–Crippen LogP) is 9.18. The summed E-state index contributed by atoms with van der Waals surface area (Å²) in [5.41, 5.74) is -1.17. The number of carbonyl (C=O) groups excluding carboxylic acids is 2. The fourth-order valence-electron chi connectivity index (χ4n) is 4.83. The highest BCUT2D eigenvalue weighted by Gasteiger charge is 2.37. The Balaban J connectivity index is 2.66. The molecular formula is C35H51F3N4O5. The summed E-state index contributed by atoms with van der Waals surface area (Å²) in [5, 5.41) is 2.63. The van der Waals surface area contributed by atoms with Gasteiger partial charge in [0.05, 0.1) is 23.9 Å². The number of allylic oxidation sites excluding steroid dienone is 1. The average molecular weight is 665 g/mol. The number of aliphatic imine (C=N–C) groups is 2. The summed E-state index contributed by atoms with van der Waals surface area (Å²) in [6.45, 7) is 20.2. The minimum Gasteiger partial charge on any atom is -0.493 e. The molecule has 2 atom stereocenters. The number of guanidine groups is 1. The number of carbonyl (C=O) groups is 2. The lowest BCUT2D eigenvalue weighted by Crippen LogP contribution is -2.51. The highest BCUT2D eigenvalue weighted by Crippen LogP contribution is 2.39. The Morgan fingerprint density at radius 2 is 1.74 bits per heavy atom. The molecule has 2 rings (SSSR count). The van der Waals surface area contributed by atoms with Crippen LogP contribution in [0, 0.1) is 5.92 Å². The highest BCUT2D eigenvalue weighted by molar-refractivity contribution is 6.03. The number of ether oxygens (including phenoxy) is 3. The van der Waals surface area contributed by atoms with Gasteiger partial charge in [-0.15, -0.1) is 11.6 Å². The number of nitrogens with one attached hydrogen (secondary N) is 1. The fourth-order valence-corrected chi connectivity index (χ4v) is 4.83. The lowest BCUT2D eigenvalue weighted by atomic mass is 9.94. The zero-order valence-corrected chi connectivity index (χ0v) is 29.2. The van der Waals surface area contributed by atoms with E-state index in [-0.39, 0.29) is 29.8 Å². The van der Waals surface area contributed by atoms with E-state index < -0.39 is 41.2 Å². The third kappa shape index (κ3) is 12.7. The molecule has 0 spiro atoms. The van der Waals surface area contributed by atoms with Crippen LogP contribution in [0.15, 0.2) is 46.9 Å². The highest BCUT2D eigenvalue weighted by atomic mass is 19.4. The van der Waals surface area contributed by atoms with Crippen LogP contribution in [-0.4, -0.2) is 59.2 Å². The summed E-state index contributed by atoms with van der Waals surface area (Å²) in [6, 6.07) is 3.53. The largest absolute Gasteiger partial charge is 0.493 e. The molecule has 1 fully saturated rings. The van der Waals surface area contributed by atoms with Crippen LogP contribution in [0.4, 0.5) is 22.8 Å². The van der Waals surface area contributed by atoms with Crippen molar-refractivity contribution >= 4 is 29.6 Å². The topological polar surface area (TPSA) is 102 Å². The molecule has 1 aliphatic rings. The van der Waals surface area contributed by atoms with E-state index in [0.29, 0.717) is 50.1 Å². The Kier molecular flexibility index (Phi) is 14.1. The van der Waals surface area contributed by atoms with Crippen LogP contribution in [0.5, 0.6) is 5.75 Å². The number of likely N-dealkylation sites (tertiary alicyclic amines) is 1. The maximum atomic E-state index is 14.2. The number of hydrogen-bond acceptors (Lipinski definition) is 6. The Hall–Kier alpha value is -3.83. The number of rotatable bonds is 10. The van der Waals surface area contributed by atoms with E-state index >= 15 is 0 Å². The summed E-state index contributed by atoms with van der Waals surface area (Å²) in [4.78, 5) is 36.7. The number of amides is 2. The maximum absolute atomic E-state index is 14.2. The summed E-state index contributed by atoms with van der Waals surface area (Å²) >= 11 is 0. The number of nitrogens with zero attached hydrogens (tertiary/aromatic N) is 3. The van der Waals surface area contributed by atoms with Gasteiger partial charge in [0.25, 0.3) is 0 Å². The van der Waals surface area contributed by atoms with Crippen molar-refractivity contribution in [2.24, 2.45) is 15.9 Å². The molecule has 0 bridgehead atoms. The van der Waals surface area contributed by atoms with Gasteiger partial charge in [0.1, 0.15) is 17.0 Å². The van der Waals surface area contributed by atoms with Gasteiger partial charge in [0.2, 0.25) is 5.96 Å². The molecule has 1 aromatic carbocycles. The number of halogens is 3. The predicted molar refractivity (Wildman–Crippen MR) is 180 cm³/mol. The van der Waals surface area contributed by atoms with Crippen molar-refractivity contribution in [2.75, 3.05) is 13.2 Å². The molecule has 0 aliphatic carbocycles. The van der Waals surface area contributed by atoms with Gasteiger partial charge < -0.3 is 19.1 Å². The lowest BCUT2D eigenvalue weighted by molar-refractivity contribution is -0.139. The molecule has 1 aliphatic heterocycles. The van der Waals surface area contributed by atoms with Crippen molar-refractivity contribution < 1.29 is 37.0 Å². The van der Waals surface area contributed by atoms with E-state index in [4.69, 9.17) is 19.2 Å². The Morgan fingerprint density at radius 1 is 1.09 bits per heavy atom. The normalized spacial score (nSPS) is 17.3. The van der Waals surface area contributed by atoms with E-state index in [2.05, 4.69) is 16.9 Å². The Labute approximate surface area is 277 Å². The minimum atomic E-state index is -4.65. The molecule has 0 radical (unpaired) electrons. The number of hydrogen-bond donors (Lipinski definition) is 1. The van der Waals surface area contributed by atoms with Crippen LogP contribution >= 0.6 is 0 Å². The Morgan fingerprint density at radius 3 is 2.30 bits per heavy atom. The fraction of sp³-hybridized carbons (Fsp3) is 0.600. The molecule has 12 heteroatoms. The molecule has 2 amide bonds. The summed E-state index contributed by atoms with van der Waals surface area (Å²) in [5.74, 6) is -0.412. The summed E-state index contributed by atoms with van der Waals surface area (Å²) in [7, 11) is 0. The second kappa shape index (κ2) is 16.8. The molecule has 1 aromatic rings. The van der Waals surface area contributed by atoms with Crippen LogP contribution in [0.3, 0.4) is 0 Å². The quantitative estimate of drug-likeness (QED) is 0.116. The molecule has 1 saturated heterocycles. The van der Waals surface area contributed by atoms with Crippen molar-refractivity contribution in [1.82, 2.24) is 10.2 Å². The smallest absolute Gasteiger partial charge is 0.437 e. The summed E-state index contributed by atoms with van der Waals surface area (Å²) in [6.07, 6.45) is -0.0767. The molecule has 0 aromatic heterocycles. The van der Waals surface area contributed by atoms with E-state index in [9.17, 15) is 22.8 Å². The van der Waals surface area contributed by atoms with E-state index in [0.717, 1.165) is 6.07 Å². The first-order valence-corrected chi connectivity index (χ1v) is 16.1. The molecule has 0 saturated carbocycles. The van der Waals surface area contributed by atoms with Crippen LogP contribution in [0.1, 0.15) is 106 Å². The molecule has 47 heavy (non-hydrogen) atoms. The molecule has 2 unspecified atom stereocenters. The summed E-state index contributed by atoms with van der Waals surface area (Å²) < 4.78 is 58.8. The second-order valence-corrected chi connectivity index (χ2v) is 13.4. The van der Waals surface area contributed by atoms with E-state index in [1.807, 2.05) is 20.8 Å². The van der Waals surface area contributed by atoms with Gasteiger partial charge in [-0.25, -0.2) is 9.59 Å². The third-order valence-electron chi connectivity index (χ3n) is 6.99. The maximum Gasteiger partial charge on any atom is 0.437 e. The Bertz CT molecular complexity index is 1340. The molecule has 1 heterocycles. The standard InChI is InChI=1S/C35H51F3N4O5/c1-11-14-21-45-28-19-18-24(22-25(28)35(36,37)38)26(16-12-2)39-29(23(4)13-3)27-17-15-20-42(27)30(40-31(43)46-33(5,6)7)41-32(44)47-34(8,9)10/h11,16,18-19,22-23,27H,1,12-15,17,20-21H2,2-10H3,(H,40,41,43,44)/b26-16-,39-29?. The van der Waals surface area contributed by atoms with Crippen molar-refractivity contribution in [2.45, 2.75) is 118 Å². The zero-order chi connectivity index (χ0) is 35.6. The lowest BCUT2D eigenvalue weighted by Gasteiger charge is -2.32. The van der Waals surface area contributed by atoms with Gasteiger partial charge in [-0.05, 0) is 97.8 Å². The first-order valence-electron chi connectivity index (χ1n) is 16.1.